The fourth-order valence-corrected chi connectivity index (χ4v) is 3.02. The molecule has 0 aromatic heterocycles. The first kappa shape index (κ1) is 22.5. The van der Waals surface area contributed by atoms with E-state index in [0.29, 0.717) is 43.5 Å². The summed E-state index contributed by atoms with van der Waals surface area (Å²) in [7, 11) is 0. The zero-order valence-electron chi connectivity index (χ0n) is 17.6. The first-order valence-corrected chi connectivity index (χ1v) is 10.2. The van der Waals surface area contributed by atoms with E-state index in [1.54, 1.807) is 24.3 Å². The van der Waals surface area contributed by atoms with Gasteiger partial charge < -0.3 is 4.74 Å². The van der Waals surface area contributed by atoms with Gasteiger partial charge in [-0.25, -0.2) is 4.79 Å². The Bertz CT molecular complexity index is 829. The Morgan fingerprint density at radius 3 is 2.21 bits per heavy atom. The molecule has 0 bridgehead atoms. The zero-order valence-corrected chi connectivity index (χ0v) is 17.6. The lowest BCUT2D eigenvalue weighted by molar-refractivity contribution is -0.000818. The van der Waals surface area contributed by atoms with Crippen molar-refractivity contribution < 1.29 is 14.3 Å². The van der Waals surface area contributed by atoms with E-state index >= 15 is 0 Å². The number of azo groups is 1. The minimum Gasteiger partial charge on any atom is -0.456 e. The highest BCUT2D eigenvalue weighted by Gasteiger charge is 2.26. The topological polar surface area (TPSA) is 68.1 Å². The predicted molar refractivity (Wildman–Crippen MR) is 115 cm³/mol. The highest BCUT2D eigenvalue weighted by atomic mass is 16.6. The van der Waals surface area contributed by atoms with E-state index in [-0.39, 0.29) is 5.78 Å². The molecule has 0 fully saturated rings. The molecule has 2 aromatic carbocycles. The van der Waals surface area contributed by atoms with Gasteiger partial charge in [-0.15, -0.1) is 0 Å². The van der Waals surface area contributed by atoms with Crippen molar-refractivity contribution in [3.63, 3.8) is 0 Å². The van der Waals surface area contributed by atoms with Crippen molar-refractivity contribution in [2.45, 2.75) is 52.1 Å². The average molecular weight is 395 g/mol. The van der Waals surface area contributed by atoms with Crippen molar-refractivity contribution >= 4 is 11.8 Å². The summed E-state index contributed by atoms with van der Waals surface area (Å²) in [6.07, 6.45) is 2.48. The van der Waals surface area contributed by atoms with Gasteiger partial charge in [0.15, 0.2) is 5.78 Å². The zero-order chi connectivity index (χ0) is 21.1. The molecule has 0 heterocycles. The maximum absolute atomic E-state index is 12.8. The van der Waals surface area contributed by atoms with Gasteiger partial charge in [0.2, 0.25) is 0 Å². The number of hydrogen-bond acceptors (Lipinski definition) is 5. The van der Waals surface area contributed by atoms with E-state index in [0.717, 1.165) is 12.0 Å². The van der Waals surface area contributed by atoms with Crippen LogP contribution in [0.2, 0.25) is 0 Å². The van der Waals surface area contributed by atoms with Crippen molar-refractivity contribution in [2.75, 3.05) is 13.1 Å². The molecule has 29 heavy (non-hydrogen) atoms. The van der Waals surface area contributed by atoms with Gasteiger partial charge in [-0.1, -0.05) is 55.5 Å². The normalized spacial score (nSPS) is 11.6. The second-order valence-corrected chi connectivity index (χ2v) is 7.61. The summed E-state index contributed by atoms with van der Waals surface area (Å²) in [4.78, 5) is 25.5. The Kier molecular flexibility index (Phi) is 8.71. The summed E-state index contributed by atoms with van der Waals surface area (Å²) in [6.45, 7) is 7.02. The summed E-state index contributed by atoms with van der Waals surface area (Å²) in [5, 5.41) is 8.07. The SMILES string of the molecule is CCCN=NCCCC(=O)c1ccccc1C(=O)OC(C)(C)Cc1ccccc1. The molecule has 0 spiro atoms. The molecule has 2 rings (SSSR count). The molecule has 5 heteroatoms. The molecule has 154 valence electrons. The summed E-state index contributed by atoms with van der Waals surface area (Å²) in [5.74, 6) is -0.554. The molecule has 0 radical (unpaired) electrons. The maximum atomic E-state index is 12.8. The van der Waals surface area contributed by atoms with Crippen molar-refractivity contribution in [1.82, 2.24) is 0 Å². The molecule has 0 aliphatic carbocycles. The van der Waals surface area contributed by atoms with Gasteiger partial charge in [0.25, 0.3) is 0 Å². The van der Waals surface area contributed by atoms with Crippen LogP contribution in [0.3, 0.4) is 0 Å². The molecule has 0 unspecified atom stereocenters. The number of benzene rings is 2. The largest absolute Gasteiger partial charge is 0.456 e. The molecule has 0 N–H and O–H groups in total. The number of rotatable bonds is 11. The van der Waals surface area contributed by atoms with Crippen LogP contribution < -0.4 is 0 Å². The number of ether oxygens (including phenoxy) is 1. The van der Waals surface area contributed by atoms with Crippen LogP contribution >= 0.6 is 0 Å². The lowest BCUT2D eigenvalue weighted by atomic mass is 9.97. The first-order valence-electron chi connectivity index (χ1n) is 10.2. The number of nitrogens with zero attached hydrogens (tertiary/aromatic N) is 2. The minimum absolute atomic E-state index is 0.0795. The molecule has 0 amide bonds. The number of esters is 1. The highest BCUT2D eigenvalue weighted by molar-refractivity contribution is 6.06. The number of ketones is 1. The molecule has 0 aliphatic heterocycles. The summed E-state index contributed by atoms with van der Waals surface area (Å²) in [6, 6.07) is 16.7. The standard InChI is InChI=1S/C24H30N2O3/c1-4-16-25-26-17-10-15-22(27)20-13-8-9-14-21(20)23(28)29-24(2,3)18-19-11-6-5-7-12-19/h5-9,11-14H,4,10,15-18H2,1-3H3. The number of carbonyl (C=O) groups is 2. The van der Waals surface area contributed by atoms with Crippen LogP contribution in [0.15, 0.2) is 64.8 Å². The Labute approximate surface area is 173 Å². The number of carbonyl (C=O) groups excluding carboxylic acids is 2. The second-order valence-electron chi connectivity index (χ2n) is 7.61. The van der Waals surface area contributed by atoms with Gasteiger partial charge in [0, 0.05) is 18.4 Å². The molecule has 5 nitrogen and oxygen atoms in total. The van der Waals surface area contributed by atoms with Gasteiger partial charge in [-0.2, -0.15) is 10.2 Å². The van der Waals surface area contributed by atoms with Crippen LogP contribution in [-0.4, -0.2) is 30.4 Å². The molecular formula is C24H30N2O3. The van der Waals surface area contributed by atoms with Crippen molar-refractivity contribution in [3.8, 4) is 0 Å². The molecule has 2 aromatic rings. The van der Waals surface area contributed by atoms with Gasteiger partial charge >= 0.3 is 5.97 Å². The van der Waals surface area contributed by atoms with E-state index in [4.69, 9.17) is 4.74 Å². The fraction of sp³-hybridized carbons (Fsp3) is 0.417. The van der Waals surface area contributed by atoms with Gasteiger partial charge in [-0.05, 0) is 38.3 Å². The Hall–Kier alpha value is -2.82. The summed E-state index contributed by atoms with van der Waals surface area (Å²) >= 11 is 0. The van der Waals surface area contributed by atoms with Crippen LogP contribution in [-0.2, 0) is 11.2 Å². The third kappa shape index (κ3) is 7.60. The molecular weight excluding hydrogens is 364 g/mol. The third-order valence-corrected chi connectivity index (χ3v) is 4.37. The van der Waals surface area contributed by atoms with E-state index in [1.807, 2.05) is 51.1 Å². The van der Waals surface area contributed by atoms with E-state index in [2.05, 4.69) is 10.2 Å². The van der Waals surface area contributed by atoms with Gasteiger partial charge in [-0.3, -0.25) is 4.79 Å². The molecule has 0 aliphatic rings. The Balaban J connectivity index is 2.01. The van der Waals surface area contributed by atoms with Crippen molar-refractivity contribution in [3.05, 3.63) is 71.3 Å². The lowest BCUT2D eigenvalue weighted by Crippen LogP contribution is -2.31. The monoisotopic (exact) mass is 394 g/mol. The van der Waals surface area contributed by atoms with Crippen LogP contribution in [0.1, 0.15) is 66.3 Å². The smallest absolute Gasteiger partial charge is 0.339 e. The molecule has 0 saturated heterocycles. The van der Waals surface area contributed by atoms with Crippen LogP contribution in [0.5, 0.6) is 0 Å². The van der Waals surface area contributed by atoms with E-state index in [1.165, 1.54) is 0 Å². The summed E-state index contributed by atoms with van der Waals surface area (Å²) < 4.78 is 5.76. The van der Waals surface area contributed by atoms with Gasteiger partial charge in [0.05, 0.1) is 18.7 Å². The van der Waals surface area contributed by atoms with Crippen molar-refractivity contribution in [1.29, 1.82) is 0 Å². The second kappa shape index (κ2) is 11.2. The molecule has 0 atom stereocenters. The van der Waals surface area contributed by atoms with Crippen LogP contribution in [0.4, 0.5) is 0 Å². The first-order chi connectivity index (χ1) is 13.9. The van der Waals surface area contributed by atoms with Crippen LogP contribution in [0.25, 0.3) is 0 Å². The lowest BCUT2D eigenvalue weighted by Gasteiger charge is -2.25. The number of Topliss-reactive ketones (excluding diaryl/α,β-unsaturated/α-hetero) is 1. The van der Waals surface area contributed by atoms with E-state index < -0.39 is 11.6 Å². The number of hydrogen-bond donors (Lipinski definition) is 0. The predicted octanol–water partition coefficient (Wildman–Crippen LogP) is 5.69. The maximum Gasteiger partial charge on any atom is 0.339 e. The minimum atomic E-state index is -0.686. The molecule has 0 saturated carbocycles. The highest BCUT2D eigenvalue weighted by Crippen LogP contribution is 2.21. The third-order valence-electron chi connectivity index (χ3n) is 4.37. The van der Waals surface area contributed by atoms with E-state index in [9.17, 15) is 9.59 Å². The van der Waals surface area contributed by atoms with Crippen molar-refractivity contribution in [2.24, 2.45) is 10.2 Å². The quantitative estimate of drug-likeness (QED) is 0.213. The van der Waals surface area contributed by atoms with Gasteiger partial charge in [0.1, 0.15) is 5.60 Å². The van der Waals surface area contributed by atoms with Crippen LogP contribution in [0, 0.1) is 0 Å². The average Bonchev–Trinajstić information content (AvgIpc) is 2.70. The summed E-state index contributed by atoms with van der Waals surface area (Å²) in [5.41, 5.74) is 1.12. The Morgan fingerprint density at radius 1 is 0.897 bits per heavy atom. The Morgan fingerprint density at radius 2 is 1.52 bits per heavy atom. The fourth-order valence-electron chi connectivity index (χ4n) is 3.02.